The van der Waals surface area contributed by atoms with Gasteiger partial charge < -0.3 is 14.9 Å². The number of amides is 3. The van der Waals surface area contributed by atoms with Gasteiger partial charge in [0.1, 0.15) is 0 Å². The number of nitrogens with zero attached hydrogens (tertiary/aromatic N) is 4. The van der Waals surface area contributed by atoms with E-state index in [1.807, 2.05) is 11.0 Å². The van der Waals surface area contributed by atoms with Gasteiger partial charge in [-0.2, -0.15) is 5.10 Å². The number of hydrogen-bond donors (Lipinski definition) is 2. The van der Waals surface area contributed by atoms with Crippen LogP contribution in [-0.2, 0) is 19.2 Å². The van der Waals surface area contributed by atoms with Gasteiger partial charge in [-0.15, -0.1) is 5.10 Å². The molecule has 10 heteroatoms. The monoisotopic (exact) mass is 443 g/mol. The van der Waals surface area contributed by atoms with E-state index in [1.54, 1.807) is 13.0 Å². The number of carbonyl (C=O) groups is 4. The molecule has 0 aliphatic carbocycles. The molecule has 0 aromatic carbocycles. The maximum Gasteiger partial charge on any atom is 0.309 e. The number of rotatable bonds is 4. The molecule has 10 nitrogen and oxygen atoms in total. The van der Waals surface area contributed by atoms with E-state index in [-0.39, 0.29) is 23.6 Å². The van der Waals surface area contributed by atoms with E-state index in [0.717, 1.165) is 0 Å². The molecule has 4 rings (SSSR count). The Kier molecular flexibility index (Phi) is 6.12. The van der Waals surface area contributed by atoms with Crippen LogP contribution < -0.4 is 10.2 Å². The minimum atomic E-state index is -0.789. The highest BCUT2D eigenvalue weighted by atomic mass is 16.4. The van der Waals surface area contributed by atoms with Crippen LogP contribution in [0.4, 0.5) is 5.82 Å². The summed E-state index contributed by atoms with van der Waals surface area (Å²) < 4.78 is 0. The normalized spacial score (nSPS) is 24.2. The summed E-state index contributed by atoms with van der Waals surface area (Å²) in [4.78, 5) is 51.6. The highest BCUT2D eigenvalue weighted by molar-refractivity contribution is 6.00. The molecule has 3 aliphatic heterocycles. The molecule has 0 spiro atoms. The number of aromatic nitrogens is 2. The van der Waals surface area contributed by atoms with Crippen molar-refractivity contribution < 1.29 is 24.3 Å². The van der Waals surface area contributed by atoms with Gasteiger partial charge in [-0.1, -0.05) is 0 Å². The van der Waals surface area contributed by atoms with Crippen LogP contribution in [0.25, 0.3) is 0 Å². The molecular weight excluding hydrogens is 414 g/mol. The standard InChI is InChI=1S/C22H29N5O5/c1-22(21(31)32)8-12-27(13-9-22)20(30)14-6-10-26(11-7-14)17-4-3-16(24-25-17)15-2-5-18(28)23-19(15)29/h3-4,14-15H,2,5-13H2,1H3,(H,31,32)(H,23,28,29). The Labute approximate surface area is 186 Å². The molecule has 0 saturated carbocycles. The van der Waals surface area contributed by atoms with Crippen LogP contribution in [0.2, 0.25) is 0 Å². The summed E-state index contributed by atoms with van der Waals surface area (Å²) in [6.07, 6.45) is 3.14. The Morgan fingerprint density at radius 3 is 2.31 bits per heavy atom. The summed E-state index contributed by atoms with van der Waals surface area (Å²) in [5.41, 5.74) is -0.180. The number of piperidine rings is 3. The number of nitrogens with one attached hydrogen (secondary N) is 1. The van der Waals surface area contributed by atoms with Gasteiger partial charge in [0.05, 0.1) is 17.0 Å². The van der Waals surface area contributed by atoms with Crippen molar-refractivity contribution in [2.24, 2.45) is 11.3 Å². The van der Waals surface area contributed by atoms with Crippen molar-refractivity contribution in [3.63, 3.8) is 0 Å². The predicted molar refractivity (Wildman–Crippen MR) is 114 cm³/mol. The second kappa shape index (κ2) is 8.84. The second-order valence-corrected chi connectivity index (χ2v) is 9.27. The van der Waals surface area contributed by atoms with Crippen LogP contribution in [0.1, 0.15) is 57.1 Å². The molecule has 1 aromatic rings. The van der Waals surface area contributed by atoms with Crippen LogP contribution >= 0.6 is 0 Å². The molecule has 3 fully saturated rings. The Hall–Kier alpha value is -3.04. The number of carboxylic acids is 1. The third-order valence-electron chi connectivity index (χ3n) is 7.13. The van der Waals surface area contributed by atoms with Crippen molar-refractivity contribution in [1.29, 1.82) is 0 Å². The zero-order valence-corrected chi connectivity index (χ0v) is 18.2. The average molecular weight is 444 g/mol. The third-order valence-corrected chi connectivity index (χ3v) is 7.13. The first-order valence-electron chi connectivity index (χ1n) is 11.2. The van der Waals surface area contributed by atoms with Gasteiger partial charge in [0, 0.05) is 38.5 Å². The van der Waals surface area contributed by atoms with Crippen LogP contribution in [0.5, 0.6) is 0 Å². The maximum absolute atomic E-state index is 12.9. The van der Waals surface area contributed by atoms with Gasteiger partial charge in [0.25, 0.3) is 0 Å². The van der Waals surface area contributed by atoms with Gasteiger partial charge in [-0.3, -0.25) is 24.5 Å². The highest BCUT2D eigenvalue weighted by Crippen LogP contribution is 2.33. The lowest BCUT2D eigenvalue weighted by atomic mass is 9.80. The minimum absolute atomic E-state index is 0.0591. The van der Waals surface area contributed by atoms with E-state index < -0.39 is 17.3 Å². The molecule has 1 atom stereocenters. The smallest absolute Gasteiger partial charge is 0.309 e. The third kappa shape index (κ3) is 4.44. The van der Waals surface area contributed by atoms with Crippen LogP contribution in [0.3, 0.4) is 0 Å². The van der Waals surface area contributed by atoms with Crippen molar-refractivity contribution >= 4 is 29.5 Å². The Morgan fingerprint density at radius 1 is 1.06 bits per heavy atom. The van der Waals surface area contributed by atoms with Crippen molar-refractivity contribution in [3.05, 3.63) is 17.8 Å². The number of aliphatic carboxylic acids is 1. The van der Waals surface area contributed by atoms with Gasteiger partial charge in [-0.25, -0.2) is 0 Å². The fourth-order valence-corrected chi connectivity index (χ4v) is 4.71. The second-order valence-electron chi connectivity index (χ2n) is 9.27. The summed E-state index contributed by atoms with van der Waals surface area (Å²) in [5.74, 6) is -1.06. The molecule has 0 bridgehead atoms. The Morgan fingerprint density at radius 2 is 1.75 bits per heavy atom. The molecule has 4 heterocycles. The zero-order valence-electron chi connectivity index (χ0n) is 18.2. The molecule has 3 aliphatic rings. The first-order chi connectivity index (χ1) is 15.3. The molecule has 0 radical (unpaired) electrons. The number of likely N-dealkylation sites (tertiary alicyclic amines) is 1. The fourth-order valence-electron chi connectivity index (χ4n) is 4.71. The number of carbonyl (C=O) groups excluding carboxylic acids is 3. The quantitative estimate of drug-likeness (QED) is 0.657. The number of carboxylic acid groups (broad SMARTS) is 1. The fraction of sp³-hybridized carbons (Fsp3) is 0.636. The molecule has 172 valence electrons. The van der Waals surface area contributed by atoms with Gasteiger partial charge >= 0.3 is 5.97 Å². The first kappa shape index (κ1) is 22.2. The summed E-state index contributed by atoms with van der Waals surface area (Å²) in [5, 5.41) is 20.2. The van der Waals surface area contributed by atoms with E-state index in [9.17, 15) is 24.3 Å². The topological polar surface area (TPSA) is 133 Å². The lowest BCUT2D eigenvalue weighted by Gasteiger charge is -2.39. The summed E-state index contributed by atoms with van der Waals surface area (Å²) >= 11 is 0. The van der Waals surface area contributed by atoms with Crippen LogP contribution in [0, 0.1) is 11.3 Å². The Balaban J connectivity index is 1.29. The SMILES string of the molecule is CC1(C(=O)O)CCN(C(=O)C2CCN(c3ccc(C4CCC(=O)NC4=O)nn3)CC2)CC1. The lowest BCUT2D eigenvalue weighted by molar-refractivity contribution is -0.154. The van der Waals surface area contributed by atoms with E-state index in [1.165, 1.54) is 0 Å². The average Bonchev–Trinajstić information content (AvgIpc) is 2.79. The predicted octanol–water partition coefficient (Wildman–Crippen LogP) is 0.927. The van der Waals surface area contributed by atoms with Crippen molar-refractivity contribution in [2.45, 2.75) is 51.4 Å². The van der Waals surface area contributed by atoms with E-state index in [0.29, 0.717) is 76.2 Å². The number of hydrogen-bond acceptors (Lipinski definition) is 7. The molecule has 2 N–H and O–H groups in total. The summed E-state index contributed by atoms with van der Waals surface area (Å²) in [7, 11) is 0. The van der Waals surface area contributed by atoms with E-state index in [2.05, 4.69) is 20.4 Å². The van der Waals surface area contributed by atoms with Crippen LogP contribution in [0.15, 0.2) is 12.1 Å². The number of anilines is 1. The minimum Gasteiger partial charge on any atom is -0.481 e. The lowest BCUT2D eigenvalue weighted by Crippen LogP contribution is -2.49. The molecule has 3 amide bonds. The van der Waals surface area contributed by atoms with Gasteiger partial charge in [0.15, 0.2) is 5.82 Å². The highest BCUT2D eigenvalue weighted by Gasteiger charge is 2.39. The van der Waals surface area contributed by atoms with Crippen molar-refractivity contribution in [2.75, 3.05) is 31.1 Å². The molecular formula is C22H29N5O5. The summed E-state index contributed by atoms with van der Waals surface area (Å²) in [6.45, 7) is 4.11. The van der Waals surface area contributed by atoms with Gasteiger partial charge in [0.2, 0.25) is 17.7 Å². The molecule has 3 saturated heterocycles. The van der Waals surface area contributed by atoms with Crippen molar-refractivity contribution in [1.82, 2.24) is 20.4 Å². The van der Waals surface area contributed by atoms with Crippen LogP contribution in [-0.4, -0.2) is 70.1 Å². The van der Waals surface area contributed by atoms with Crippen molar-refractivity contribution in [3.8, 4) is 0 Å². The maximum atomic E-state index is 12.9. The van der Waals surface area contributed by atoms with E-state index in [4.69, 9.17) is 0 Å². The molecule has 1 unspecified atom stereocenters. The molecule has 32 heavy (non-hydrogen) atoms. The zero-order chi connectivity index (χ0) is 22.9. The molecule has 1 aromatic heterocycles. The first-order valence-corrected chi connectivity index (χ1v) is 11.2. The summed E-state index contributed by atoms with van der Waals surface area (Å²) in [6, 6.07) is 3.62. The number of imide groups is 1. The van der Waals surface area contributed by atoms with Gasteiger partial charge in [-0.05, 0) is 51.2 Å². The van der Waals surface area contributed by atoms with E-state index >= 15 is 0 Å². The largest absolute Gasteiger partial charge is 0.481 e. The Bertz CT molecular complexity index is 902.